The van der Waals surface area contributed by atoms with Crippen LogP contribution in [0.2, 0.25) is 0 Å². The molecule has 0 unspecified atom stereocenters. The van der Waals surface area contributed by atoms with Gasteiger partial charge in [-0.05, 0) is 38.8 Å². The smallest absolute Gasteiger partial charge is 0.0462 e. The lowest BCUT2D eigenvalue weighted by molar-refractivity contribution is 0.192. The van der Waals surface area contributed by atoms with Crippen molar-refractivity contribution in [2.75, 3.05) is 26.8 Å². The van der Waals surface area contributed by atoms with E-state index in [-0.39, 0.29) is 0 Å². The Kier molecular flexibility index (Phi) is 10.4. The maximum absolute atomic E-state index is 4.95. The van der Waals surface area contributed by atoms with Crippen LogP contribution in [-0.2, 0) is 4.74 Å². The van der Waals surface area contributed by atoms with Gasteiger partial charge in [-0.15, -0.1) is 6.58 Å². The number of rotatable bonds is 9. The number of ether oxygens (including phenoxy) is 1. The molecule has 0 atom stereocenters. The Morgan fingerprint density at radius 2 is 2.08 bits per heavy atom. The van der Waals surface area contributed by atoms with Gasteiger partial charge >= 0.3 is 0 Å². The molecule has 72 valence electrons. The van der Waals surface area contributed by atoms with Crippen molar-refractivity contribution in [3.05, 3.63) is 12.7 Å². The highest BCUT2D eigenvalue weighted by atomic mass is 16.5. The fourth-order valence-electron chi connectivity index (χ4n) is 1.00. The van der Waals surface area contributed by atoms with Crippen molar-refractivity contribution in [2.45, 2.75) is 25.7 Å². The highest BCUT2D eigenvalue weighted by molar-refractivity contribution is 4.67. The molecule has 0 spiro atoms. The van der Waals surface area contributed by atoms with Crippen LogP contribution < -0.4 is 5.32 Å². The molecule has 0 fully saturated rings. The second-order valence-electron chi connectivity index (χ2n) is 2.88. The van der Waals surface area contributed by atoms with Gasteiger partial charge in [-0.25, -0.2) is 0 Å². The molecule has 0 saturated carbocycles. The summed E-state index contributed by atoms with van der Waals surface area (Å²) in [4.78, 5) is 0. The monoisotopic (exact) mass is 171 g/mol. The highest BCUT2D eigenvalue weighted by Crippen LogP contribution is 1.93. The minimum absolute atomic E-state index is 0.895. The number of hydrogen-bond acceptors (Lipinski definition) is 2. The van der Waals surface area contributed by atoms with Crippen molar-refractivity contribution < 1.29 is 4.74 Å². The van der Waals surface area contributed by atoms with E-state index < -0.39 is 0 Å². The zero-order chi connectivity index (χ0) is 9.07. The van der Waals surface area contributed by atoms with E-state index >= 15 is 0 Å². The SMILES string of the molecule is C=CCCNCCCCCOC. The van der Waals surface area contributed by atoms with Crippen LogP contribution in [0, 0.1) is 0 Å². The van der Waals surface area contributed by atoms with Crippen LogP contribution in [0.1, 0.15) is 25.7 Å². The average molecular weight is 171 g/mol. The molecule has 0 rings (SSSR count). The molecule has 2 heteroatoms. The third-order valence-electron chi connectivity index (χ3n) is 1.73. The first-order valence-electron chi connectivity index (χ1n) is 4.72. The van der Waals surface area contributed by atoms with Gasteiger partial charge in [-0.2, -0.15) is 0 Å². The number of hydrogen-bond donors (Lipinski definition) is 1. The van der Waals surface area contributed by atoms with E-state index in [4.69, 9.17) is 4.74 Å². The van der Waals surface area contributed by atoms with Gasteiger partial charge in [0.15, 0.2) is 0 Å². The maximum atomic E-state index is 4.95. The van der Waals surface area contributed by atoms with Gasteiger partial charge in [0, 0.05) is 13.7 Å². The van der Waals surface area contributed by atoms with Gasteiger partial charge in [0.25, 0.3) is 0 Å². The lowest BCUT2D eigenvalue weighted by Crippen LogP contribution is -2.16. The molecule has 0 aliphatic heterocycles. The largest absolute Gasteiger partial charge is 0.385 e. The molecule has 0 aliphatic rings. The Bertz CT molecular complexity index is 93.8. The molecule has 0 aliphatic carbocycles. The Labute approximate surface area is 76.0 Å². The number of nitrogens with one attached hydrogen (secondary N) is 1. The van der Waals surface area contributed by atoms with Gasteiger partial charge in [-0.1, -0.05) is 6.08 Å². The van der Waals surface area contributed by atoms with Gasteiger partial charge in [0.05, 0.1) is 0 Å². The topological polar surface area (TPSA) is 21.3 Å². The fourth-order valence-corrected chi connectivity index (χ4v) is 1.00. The summed E-state index contributed by atoms with van der Waals surface area (Å²) in [6, 6.07) is 0. The summed E-state index contributed by atoms with van der Waals surface area (Å²) in [7, 11) is 1.75. The molecule has 0 radical (unpaired) electrons. The molecule has 0 aromatic heterocycles. The summed E-state index contributed by atoms with van der Waals surface area (Å²) in [5, 5.41) is 3.35. The summed E-state index contributed by atoms with van der Waals surface area (Å²) in [5.74, 6) is 0. The van der Waals surface area contributed by atoms with Crippen LogP contribution in [0.5, 0.6) is 0 Å². The van der Waals surface area contributed by atoms with Gasteiger partial charge in [-0.3, -0.25) is 0 Å². The normalized spacial score (nSPS) is 10.1. The van der Waals surface area contributed by atoms with Crippen molar-refractivity contribution in [1.82, 2.24) is 5.32 Å². The predicted molar refractivity (Wildman–Crippen MR) is 53.4 cm³/mol. The maximum Gasteiger partial charge on any atom is 0.0462 e. The first kappa shape index (κ1) is 11.7. The molecular formula is C10H21NO. The zero-order valence-corrected chi connectivity index (χ0v) is 8.14. The predicted octanol–water partition coefficient (Wildman–Crippen LogP) is 1.97. The number of methoxy groups -OCH3 is 1. The van der Waals surface area contributed by atoms with Crippen LogP contribution in [0.25, 0.3) is 0 Å². The van der Waals surface area contributed by atoms with Crippen LogP contribution >= 0.6 is 0 Å². The second kappa shape index (κ2) is 10.7. The summed E-state index contributed by atoms with van der Waals surface area (Å²) in [6.07, 6.45) is 6.70. The second-order valence-corrected chi connectivity index (χ2v) is 2.88. The Morgan fingerprint density at radius 3 is 2.75 bits per heavy atom. The van der Waals surface area contributed by atoms with Crippen molar-refractivity contribution >= 4 is 0 Å². The lowest BCUT2D eigenvalue weighted by Gasteiger charge is -2.02. The third kappa shape index (κ3) is 9.66. The van der Waals surface area contributed by atoms with Crippen molar-refractivity contribution in [3.63, 3.8) is 0 Å². The fraction of sp³-hybridized carbons (Fsp3) is 0.800. The molecule has 12 heavy (non-hydrogen) atoms. The quantitative estimate of drug-likeness (QED) is 0.423. The standard InChI is InChI=1S/C10H21NO/c1-3-4-8-11-9-6-5-7-10-12-2/h3,11H,1,4-10H2,2H3. The Morgan fingerprint density at radius 1 is 1.25 bits per heavy atom. The third-order valence-corrected chi connectivity index (χ3v) is 1.73. The van der Waals surface area contributed by atoms with E-state index in [0.29, 0.717) is 0 Å². The van der Waals surface area contributed by atoms with Crippen molar-refractivity contribution in [2.24, 2.45) is 0 Å². The highest BCUT2D eigenvalue weighted by Gasteiger charge is 1.88. The van der Waals surface area contributed by atoms with E-state index in [1.807, 2.05) is 6.08 Å². The summed E-state index contributed by atoms with van der Waals surface area (Å²) in [5.41, 5.74) is 0. The van der Waals surface area contributed by atoms with Gasteiger partial charge in [0.1, 0.15) is 0 Å². The molecule has 1 N–H and O–H groups in total. The van der Waals surface area contributed by atoms with Gasteiger partial charge in [0.2, 0.25) is 0 Å². The Balaban J connectivity index is 2.77. The molecule has 0 heterocycles. The van der Waals surface area contributed by atoms with Crippen molar-refractivity contribution in [1.29, 1.82) is 0 Å². The van der Waals surface area contributed by atoms with E-state index in [9.17, 15) is 0 Å². The van der Waals surface area contributed by atoms with Crippen LogP contribution in [-0.4, -0.2) is 26.8 Å². The Hall–Kier alpha value is -0.340. The minimum Gasteiger partial charge on any atom is -0.385 e. The van der Waals surface area contributed by atoms with E-state index in [1.54, 1.807) is 7.11 Å². The lowest BCUT2D eigenvalue weighted by atomic mass is 10.2. The number of unbranched alkanes of at least 4 members (excludes halogenated alkanes) is 2. The van der Waals surface area contributed by atoms with Crippen molar-refractivity contribution in [3.8, 4) is 0 Å². The van der Waals surface area contributed by atoms with E-state index in [2.05, 4.69) is 11.9 Å². The van der Waals surface area contributed by atoms with E-state index in [1.165, 1.54) is 19.3 Å². The van der Waals surface area contributed by atoms with Gasteiger partial charge < -0.3 is 10.1 Å². The first-order chi connectivity index (χ1) is 5.91. The molecule has 0 saturated heterocycles. The van der Waals surface area contributed by atoms with Crippen LogP contribution in [0.4, 0.5) is 0 Å². The summed E-state index contributed by atoms with van der Waals surface area (Å²) < 4.78 is 4.95. The summed E-state index contributed by atoms with van der Waals surface area (Å²) >= 11 is 0. The molecular weight excluding hydrogens is 150 g/mol. The first-order valence-corrected chi connectivity index (χ1v) is 4.72. The molecule has 0 aromatic carbocycles. The molecule has 2 nitrogen and oxygen atoms in total. The summed E-state index contributed by atoms with van der Waals surface area (Å²) in [6.45, 7) is 6.74. The molecule has 0 amide bonds. The van der Waals surface area contributed by atoms with E-state index in [0.717, 1.165) is 26.1 Å². The van der Waals surface area contributed by atoms with Crippen LogP contribution in [0.15, 0.2) is 12.7 Å². The molecule has 0 aromatic rings. The zero-order valence-electron chi connectivity index (χ0n) is 8.14. The average Bonchev–Trinajstić information content (AvgIpc) is 2.10. The molecule has 0 bridgehead atoms. The minimum atomic E-state index is 0.895. The van der Waals surface area contributed by atoms with Crippen LogP contribution in [0.3, 0.4) is 0 Å².